The maximum Gasteiger partial charge on any atom is 0.134 e. The standard InChI is InChI=1S/C17H23NO2/c1-5-8-18-11-14-6-7-16(20-14)15-9-13(3)17(19-4)10-12(15)2/h6-7,9-10,18H,5,8,11H2,1-4H3. The summed E-state index contributed by atoms with van der Waals surface area (Å²) in [7, 11) is 1.70. The third kappa shape index (κ3) is 3.23. The molecule has 0 radical (unpaired) electrons. The lowest BCUT2D eigenvalue weighted by Crippen LogP contribution is -2.12. The number of benzene rings is 1. The van der Waals surface area contributed by atoms with Crippen LogP contribution in [0.3, 0.4) is 0 Å². The molecule has 3 heteroatoms. The molecule has 0 bridgehead atoms. The number of methoxy groups -OCH3 is 1. The molecule has 0 spiro atoms. The van der Waals surface area contributed by atoms with Crippen molar-refractivity contribution in [1.29, 1.82) is 0 Å². The number of ether oxygens (including phenoxy) is 1. The molecule has 0 amide bonds. The van der Waals surface area contributed by atoms with Gasteiger partial charge in [0, 0.05) is 5.56 Å². The van der Waals surface area contributed by atoms with E-state index in [0.717, 1.165) is 53.5 Å². The average Bonchev–Trinajstić information content (AvgIpc) is 2.90. The molecule has 2 aromatic rings. The summed E-state index contributed by atoms with van der Waals surface area (Å²) in [5.74, 6) is 2.81. The van der Waals surface area contributed by atoms with Gasteiger partial charge in [0.2, 0.25) is 0 Å². The van der Waals surface area contributed by atoms with Crippen molar-refractivity contribution in [3.63, 3.8) is 0 Å². The second-order valence-electron chi connectivity index (χ2n) is 5.08. The highest BCUT2D eigenvalue weighted by atomic mass is 16.5. The van der Waals surface area contributed by atoms with Gasteiger partial charge in [0.15, 0.2) is 0 Å². The van der Waals surface area contributed by atoms with Crippen LogP contribution in [0.25, 0.3) is 11.3 Å². The van der Waals surface area contributed by atoms with Crippen LogP contribution in [0.5, 0.6) is 5.75 Å². The van der Waals surface area contributed by atoms with Gasteiger partial charge < -0.3 is 14.5 Å². The summed E-state index contributed by atoms with van der Waals surface area (Å²) < 4.78 is 11.3. The fraction of sp³-hybridized carbons (Fsp3) is 0.412. The van der Waals surface area contributed by atoms with Gasteiger partial charge >= 0.3 is 0 Å². The zero-order valence-corrected chi connectivity index (χ0v) is 12.7. The van der Waals surface area contributed by atoms with Crippen LogP contribution in [0, 0.1) is 13.8 Å². The number of hydrogen-bond donors (Lipinski definition) is 1. The summed E-state index contributed by atoms with van der Waals surface area (Å²) in [5, 5.41) is 3.35. The van der Waals surface area contributed by atoms with E-state index in [-0.39, 0.29) is 0 Å². The van der Waals surface area contributed by atoms with E-state index in [9.17, 15) is 0 Å². The van der Waals surface area contributed by atoms with Crippen LogP contribution in [0.15, 0.2) is 28.7 Å². The summed E-state index contributed by atoms with van der Waals surface area (Å²) in [5.41, 5.74) is 3.41. The molecule has 1 heterocycles. The van der Waals surface area contributed by atoms with Crippen molar-refractivity contribution >= 4 is 0 Å². The van der Waals surface area contributed by atoms with Gasteiger partial charge in [-0.2, -0.15) is 0 Å². The Morgan fingerprint density at radius 1 is 1.15 bits per heavy atom. The molecule has 0 atom stereocenters. The Bertz CT molecular complexity index is 572. The minimum atomic E-state index is 0.780. The molecule has 0 aliphatic heterocycles. The number of hydrogen-bond acceptors (Lipinski definition) is 3. The Labute approximate surface area is 121 Å². The van der Waals surface area contributed by atoms with Gasteiger partial charge in [-0.05, 0) is 62.2 Å². The summed E-state index contributed by atoms with van der Waals surface area (Å²) in [6.07, 6.45) is 1.13. The van der Waals surface area contributed by atoms with Crippen LogP contribution < -0.4 is 10.1 Å². The molecule has 2 rings (SSSR count). The lowest BCUT2D eigenvalue weighted by atomic mass is 10.0. The molecular formula is C17H23NO2. The molecule has 1 aromatic heterocycles. The third-order valence-corrected chi connectivity index (χ3v) is 3.39. The maximum atomic E-state index is 5.92. The van der Waals surface area contributed by atoms with Crippen LogP contribution in [0.2, 0.25) is 0 Å². The van der Waals surface area contributed by atoms with Gasteiger partial charge in [-0.15, -0.1) is 0 Å². The first-order valence-corrected chi connectivity index (χ1v) is 7.10. The fourth-order valence-electron chi connectivity index (χ4n) is 2.28. The van der Waals surface area contributed by atoms with Crippen molar-refractivity contribution in [2.24, 2.45) is 0 Å². The van der Waals surface area contributed by atoms with Crippen molar-refractivity contribution in [2.45, 2.75) is 33.7 Å². The highest BCUT2D eigenvalue weighted by Crippen LogP contribution is 2.31. The summed E-state index contributed by atoms with van der Waals surface area (Å²) in [4.78, 5) is 0. The van der Waals surface area contributed by atoms with Crippen molar-refractivity contribution in [2.75, 3.05) is 13.7 Å². The second kappa shape index (κ2) is 6.62. The van der Waals surface area contributed by atoms with E-state index >= 15 is 0 Å². The largest absolute Gasteiger partial charge is 0.496 e. The minimum absolute atomic E-state index is 0.780. The monoisotopic (exact) mass is 273 g/mol. The van der Waals surface area contributed by atoms with Crippen LogP contribution in [-0.4, -0.2) is 13.7 Å². The number of nitrogens with one attached hydrogen (secondary N) is 1. The van der Waals surface area contributed by atoms with Gasteiger partial charge in [-0.3, -0.25) is 0 Å². The smallest absolute Gasteiger partial charge is 0.134 e. The molecule has 20 heavy (non-hydrogen) atoms. The molecule has 1 aromatic carbocycles. The van der Waals surface area contributed by atoms with E-state index in [1.54, 1.807) is 7.11 Å². The Morgan fingerprint density at radius 2 is 1.95 bits per heavy atom. The van der Waals surface area contributed by atoms with Crippen molar-refractivity contribution in [1.82, 2.24) is 5.32 Å². The zero-order chi connectivity index (χ0) is 14.5. The first kappa shape index (κ1) is 14.7. The third-order valence-electron chi connectivity index (χ3n) is 3.39. The maximum absolute atomic E-state index is 5.92. The average molecular weight is 273 g/mol. The van der Waals surface area contributed by atoms with Gasteiger partial charge in [0.1, 0.15) is 17.3 Å². The molecule has 0 unspecified atom stereocenters. The molecule has 108 valence electrons. The van der Waals surface area contributed by atoms with E-state index in [1.165, 1.54) is 0 Å². The Kier molecular flexibility index (Phi) is 4.85. The molecule has 3 nitrogen and oxygen atoms in total. The van der Waals surface area contributed by atoms with E-state index in [2.05, 4.69) is 38.2 Å². The van der Waals surface area contributed by atoms with E-state index in [4.69, 9.17) is 9.15 Å². The van der Waals surface area contributed by atoms with Crippen LogP contribution >= 0.6 is 0 Å². The first-order chi connectivity index (χ1) is 9.65. The highest BCUT2D eigenvalue weighted by Gasteiger charge is 2.10. The molecule has 0 aliphatic rings. The Balaban J connectivity index is 2.21. The second-order valence-corrected chi connectivity index (χ2v) is 5.08. The number of aryl methyl sites for hydroxylation is 2. The summed E-state index contributed by atoms with van der Waals surface area (Å²) in [6, 6.07) is 8.26. The SMILES string of the molecule is CCCNCc1ccc(-c2cc(C)c(OC)cc2C)o1. The van der Waals surface area contributed by atoms with Crippen molar-refractivity contribution in [3.8, 4) is 17.1 Å². The lowest BCUT2D eigenvalue weighted by Gasteiger charge is -2.09. The number of furan rings is 1. The van der Waals surface area contributed by atoms with Crippen molar-refractivity contribution in [3.05, 3.63) is 41.2 Å². The molecule has 0 aliphatic carbocycles. The molecule has 1 N–H and O–H groups in total. The first-order valence-electron chi connectivity index (χ1n) is 7.10. The normalized spacial score (nSPS) is 10.8. The van der Waals surface area contributed by atoms with Gasteiger partial charge in [-0.1, -0.05) is 6.92 Å². The molecule has 0 saturated carbocycles. The van der Waals surface area contributed by atoms with Gasteiger partial charge in [0.05, 0.1) is 13.7 Å². The quantitative estimate of drug-likeness (QED) is 0.806. The van der Waals surface area contributed by atoms with E-state index in [0.29, 0.717) is 0 Å². The summed E-state index contributed by atoms with van der Waals surface area (Å²) in [6.45, 7) is 8.08. The van der Waals surface area contributed by atoms with Gasteiger partial charge in [-0.25, -0.2) is 0 Å². The Hall–Kier alpha value is -1.74. The molecular weight excluding hydrogens is 250 g/mol. The molecule has 0 fully saturated rings. The molecule has 0 saturated heterocycles. The van der Waals surface area contributed by atoms with E-state index < -0.39 is 0 Å². The number of rotatable bonds is 6. The topological polar surface area (TPSA) is 34.4 Å². The Morgan fingerprint density at radius 3 is 2.65 bits per heavy atom. The minimum Gasteiger partial charge on any atom is -0.496 e. The predicted molar refractivity (Wildman–Crippen MR) is 82.2 cm³/mol. The van der Waals surface area contributed by atoms with Crippen LogP contribution in [-0.2, 0) is 6.54 Å². The van der Waals surface area contributed by atoms with Gasteiger partial charge in [0.25, 0.3) is 0 Å². The van der Waals surface area contributed by atoms with Crippen molar-refractivity contribution < 1.29 is 9.15 Å². The summed E-state index contributed by atoms with van der Waals surface area (Å²) >= 11 is 0. The lowest BCUT2D eigenvalue weighted by molar-refractivity contribution is 0.411. The van der Waals surface area contributed by atoms with Crippen LogP contribution in [0.1, 0.15) is 30.2 Å². The van der Waals surface area contributed by atoms with E-state index in [1.807, 2.05) is 12.1 Å². The van der Waals surface area contributed by atoms with Crippen LogP contribution in [0.4, 0.5) is 0 Å². The fourth-order valence-corrected chi connectivity index (χ4v) is 2.28. The highest BCUT2D eigenvalue weighted by molar-refractivity contribution is 5.65. The zero-order valence-electron chi connectivity index (χ0n) is 12.7. The predicted octanol–water partition coefficient (Wildman–Crippen LogP) is 4.07.